The average molecular weight is 190 g/mol. The highest BCUT2D eigenvalue weighted by Gasteiger charge is 2.13. The standard InChI is InChI=1S/C12H18N2/c1-5-12(3,4)14-10(2)11-8-6-7-9-13-11/h6-9H,5H2,1-4H3/b14-10+. The van der Waals surface area contributed by atoms with Crippen LogP contribution in [0.15, 0.2) is 29.4 Å². The SMILES string of the molecule is CCC(C)(C)/N=C(\C)c1ccccn1. The highest BCUT2D eigenvalue weighted by Crippen LogP contribution is 2.14. The van der Waals surface area contributed by atoms with E-state index in [1.807, 2.05) is 25.1 Å². The second-order valence-electron chi connectivity index (χ2n) is 4.08. The first kappa shape index (κ1) is 10.9. The molecule has 2 nitrogen and oxygen atoms in total. The lowest BCUT2D eigenvalue weighted by molar-refractivity contribution is 0.505. The van der Waals surface area contributed by atoms with Crippen LogP contribution in [0.25, 0.3) is 0 Å². The van der Waals surface area contributed by atoms with Crippen LogP contribution in [0.5, 0.6) is 0 Å². The van der Waals surface area contributed by atoms with Gasteiger partial charge in [-0.05, 0) is 39.3 Å². The lowest BCUT2D eigenvalue weighted by Crippen LogP contribution is -2.17. The molecule has 14 heavy (non-hydrogen) atoms. The molecule has 0 unspecified atom stereocenters. The molecule has 1 aromatic heterocycles. The minimum Gasteiger partial charge on any atom is -0.282 e. The van der Waals surface area contributed by atoms with Crippen LogP contribution < -0.4 is 0 Å². The Balaban J connectivity index is 2.91. The Morgan fingerprint density at radius 3 is 2.64 bits per heavy atom. The molecule has 0 fully saturated rings. The fraction of sp³-hybridized carbons (Fsp3) is 0.500. The smallest absolute Gasteiger partial charge is 0.0837 e. The molecule has 1 heterocycles. The van der Waals surface area contributed by atoms with Gasteiger partial charge in [-0.3, -0.25) is 9.98 Å². The van der Waals surface area contributed by atoms with Crippen molar-refractivity contribution in [3.8, 4) is 0 Å². The fourth-order valence-corrected chi connectivity index (χ4v) is 1.17. The highest BCUT2D eigenvalue weighted by molar-refractivity contribution is 5.97. The molecule has 0 spiro atoms. The molecule has 76 valence electrons. The molecule has 1 rings (SSSR count). The first-order valence-corrected chi connectivity index (χ1v) is 5.03. The van der Waals surface area contributed by atoms with E-state index in [-0.39, 0.29) is 5.54 Å². The summed E-state index contributed by atoms with van der Waals surface area (Å²) >= 11 is 0. The largest absolute Gasteiger partial charge is 0.282 e. The van der Waals surface area contributed by atoms with Crippen molar-refractivity contribution in [1.82, 2.24) is 4.98 Å². The molecule has 0 aliphatic heterocycles. The third-order valence-electron chi connectivity index (χ3n) is 2.37. The summed E-state index contributed by atoms with van der Waals surface area (Å²) in [5.74, 6) is 0. The minimum absolute atomic E-state index is 0.0155. The molecular formula is C12H18N2. The van der Waals surface area contributed by atoms with Crippen molar-refractivity contribution in [2.45, 2.75) is 39.7 Å². The number of pyridine rings is 1. The summed E-state index contributed by atoms with van der Waals surface area (Å²) in [5.41, 5.74) is 1.99. The Hall–Kier alpha value is -1.18. The summed E-state index contributed by atoms with van der Waals surface area (Å²) in [5, 5.41) is 0. The zero-order valence-electron chi connectivity index (χ0n) is 9.41. The van der Waals surface area contributed by atoms with E-state index >= 15 is 0 Å². The van der Waals surface area contributed by atoms with Gasteiger partial charge >= 0.3 is 0 Å². The Morgan fingerprint density at radius 2 is 2.14 bits per heavy atom. The molecular weight excluding hydrogens is 172 g/mol. The summed E-state index contributed by atoms with van der Waals surface area (Å²) in [6, 6.07) is 5.90. The Morgan fingerprint density at radius 1 is 1.43 bits per heavy atom. The zero-order valence-corrected chi connectivity index (χ0v) is 9.41. The van der Waals surface area contributed by atoms with Crippen LogP contribution >= 0.6 is 0 Å². The molecule has 0 saturated carbocycles. The molecule has 0 radical (unpaired) electrons. The van der Waals surface area contributed by atoms with Gasteiger partial charge in [0.25, 0.3) is 0 Å². The Labute approximate surface area is 86.1 Å². The molecule has 1 aromatic rings. The van der Waals surface area contributed by atoms with E-state index in [1.165, 1.54) is 0 Å². The van der Waals surface area contributed by atoms with Crippen molar-refractivity contribution in [3.63, 3.8) is 0 Å². The van der Waals surface area contributed by atoms with E-state index in [0.29, 0.717) is 0 Å². The van der Waals surface area contributed by atoms with E-state index in [1.54, 1.807) is 6.20 Å². The molecule has 0 N–H and O–H groups in total. The van der Waals surface area contributed by atoms with Gasteiger partial charge in [0.1, 0.15) is 0 Å². The van der Waals surface area contributed by atoms with E-state index < -0.39 is 0 Å². The van der Waals surface area contributed by atoms with Gasteiger partial charge in [-0.1, -0.05) is 13.0 Å². The fourth-order valence-electron chi connectivity index (χ4n) is 1.17. The van der Waals surface area contributed by atoms with Gasteiger partial charge in [0.2, 0.25) is 0 Å². The molecule has 0 saturated heterocycles. The van der Waals surface area contributed by atoms with Gasteiger partial charge in [-0.25, -0.2) is 0 Å². The summed E-state index contributed by atoms with van der Waals surface area (Å²) in [7, 11) is 0. The Bertz CT molecular complexity index is 312. The molecule has 0 aliphatic carbocycles. The van der Waals surface area contributed by atoms with Crippen molar-refractivity contribution >= 4 is 5.71 Å². The van der Waals surface area contributed by atoms with Crippen molar-refractivity contribution in [3.05, 3.63) is 30.1 Å². The number of hydrogen-bond donors (Lipinski definition) is 0. The van der Waals surface area contributed by atoms with Gasteiger partial charge < -0.3 is 0 Å². The third-order valence-corrected chi connectivity index (χ3v) is 2.37. The monoisotopic (exact) mass is 190 g/mol. The molecule has 0 atom stereocenters. The second-order valence-corrected chi connectivity index (χ2v) is 4.08. The quantitative estimate of drug-likeness (QED) is 0.672. The zero-order chi connectivity index (χ0) is 10.6. The van der Waals surface area contributed by atoms with E-state index in [0.717, 1.165) is 17.8 Å². The van der Waals surface area contributed by atoms with Gasteiger partial charge in [0.15, 0.2) is 0 Å². The molecule has 2 heteroatoms. The van der Waals surface area contributed by atoms with Gasteiger partial charge in [-0.15, -0.1) is 0 Å². The van der Waals surface area contributed by atoms with Gasteiger partial charge in [0, 0.05) is 6.20 Å². The van der Waals surface area contributed by atoms with Crippen LogP contribution in [0.2, 0.25) is 0 Å². The van der Waals surface area contributed by atoms with Crippen LogP contribution in [0.3, 0.4) is 0 Å². The average Bonchev–Trinajstić information content (AvgIpc) is 2.19. The molecule has 0 aromatic carbocycles. The maximum atomic E-state index is 4.65. The second kappa shape index (κ2) is 4.36. The van der Waals surface area contributed by atoms with Crippen molar-refractivity contribution in [2.24, 2.45) is 4.99 Å². The number of aromatic nitrogens is 1. The minimum atomic E-state index is 0.0155. The summed E-state index contributed by atoms with van der Waals surface area (Å²) in [4.78, 5) is 8.92. The Kier molecular flexibility index (Phi) is 3.39. The first-order chi connectivity index (χ1) is 6.55. The van der Waals surface area contributed by atoms with Gasteiger partial charge in [0.05, 0.1) is 16.9 Å². The summed E-state index contributed by atoms with van der Waals surface area (Å²) in [6.45, 7) is 8.44. The topological polar surface area (TPSA) is 25.2 Å². The van der Waals surface area contributed by atoms with Crippen LogP contribution in [-0.2, 0) is 0 Å². The van der Waals surface area contributed by atoms with Gasteiger partial charge in [-0.2, -0.15) is 0 Å². The molecule has 0 amide bonds. The van der Waals surface area contributed by atoms with Crippen LogP contribution in [0, 0.1) is 0 Å². The third kappa shape index (κ3) is 2.95. The van der Waals surface area contributed by atoms with Crippen molar-refractivity contribution in [2.75, 3.05) is 0 Å². The lowest BCUT2D eigenvalue weighted by atomic mass is 10.0. The predicted octanol–water partition coefficient (Wildman–Crippen LogP) is 3.08. The normalized spacial score (nSPS) is 13.0. The maximum Gasteiger partial charge on any atom is 0.0837 e. The molecule has 0 bridgehead atoms. The summed E-state index contributed by atoms with van der Waals surface area (Å²) < 4.78 is 0. The molecule has 0 aliphatic rings. The number of hydrogen-bond acceptors (Lipinski definition) is 2. The highest BCUT2D eigenvalue weighted by atomic mass is 14.9. The summed E-state index contributed by atoms with van der Waals surface area (Å²) in [6.07, 6.45) is 2.84. The first-order valence-electron chi connectivity index (χ1n) is 5.03. The van der Waals surface area contributed by atoms with Crippen LogP contribution in [0.4, 0.5) is 0 Å². The van der Waals surface area contributed by atoms with Crippen molar-refractivity contribution in [1.29, 1.82) is 0 Å². The van der Waals surface area contributed by atoms with E-state index in [9.17, 15) is 0 Å². The van der Waals surface area contributed by atoms with Crippen molar-refractivity contribution < 1.29 is 0 Å². The predicted molar refractivity (Wildman–Crippen MR) is 60.8 cm³/mol. The lowest BCUT2D eigenvalue weighted by Gasteiger charge is -2.18. The number of rotatable bonds is 3. The van der Waals surface area contributed by atoms with Crippen LogP contribution in [0.1, 0.15) is 39.8 Å². The van der Waals surface area contributed by atoms with E-state index in [4.69, 9.17) is 0 Å². The van der Waals surface area contributed by atoms with E-state index in [2.05, 4.69) is 30.7 Å². The maximum absolute atomic E-state index is 4.65. The number of nitrogens with zero attached hydrogens (tertiary/aromatic N) is 2. The van der Waals surface area contributed by atoms with Crippen LogP contribution in [-0.4, -0.2) is 16.2 Å². The number of aliphatic imine (C=N–C) groups is 1.